The Morgan fingerprint density at radius 1 is 1.32 bits per heavy atom. The molecule has 1 N–H and O–H groups in total. The summed E-state index contributed by atoms with van der Waals surface area (Å²) in [6, 6.07) is 6.26. The fourth-order valence-electron chi connectivity index (χ4n) is 2.73. The van der Waals surface area contributed by atoms with Crippen LogP contribution in [0.4, 0.5) is 0 Å². The lowest BCUT2D eigenvalue weighted by Crippen LogP contribution is -2.33. The fraction of sp³-hybridized carbons (Fsp3) is 0.550. The standard InChI is InChI=1S/C20H31N3O2/c1-15-11-16(20(2,3)4)7-8-18(15)25-14-17(24)12-22(5)13-19-21-9-10-23(19)6/h7-11,17,24H,12-14H2,1-6H3. The summed E-state index contributed by atoms with van der Waals surface area (Å²) in [4.78, 5) is 6.35. The third kappa shape index (κ3) is 5.58. The highest BCUT2D eigenvalue weighted by Crippen LogP contribution is 2.27. The van der Waals surface area contributed by atoms with Crippen LogP contribution < -0.4 is 4.74 Å². The summed E-state index contributed by atoms with van der Waals surface area (Å²) in [6.07, 6.45) is 3.16. The van der Waals surface area contributed by atoms with Crippen molar-refractivity contribution >= 4 is 0 Å². The topological polar surface area (TPSA) is 50.5 Å². The third-order valence-corrected chi connectivity index (χ3v) is 4.33. The summed E-state index contributed by atoms with van der Waals surface area (Å²) in [6.45, 7) is 10.1. The summed E-state index contributed by atoms with van der Waals surface area (Å²) < 4.78 is 7.81. The summed E-state index contributed by atoms with van der Waals surface area (Å²) in [5.41, 5.74) is 2.50. The first-order chi connectivity index (χ1) is 11.7. The van der Waals surface area contributed by atoms with E-state index < -0.39 is 6.10 Å². The van der Waals surface area contributed by atoms with Crippen molar-refractivity contribution in [3.05, 3.63) is 47.5 Å². The van der Waals surface area contributed by atoms with Crippen LogP contribution in [0.25, 0.3) is 0 Å². The molecule has 138 valence electrons. The minimum Gasteiger partial charge on any atom is -0.491 e. The van der Waals surface area contributed by atoms with Gasteiger partial charge in [0.1, 0.15) is 24.3 Å². The van der Waals surface area contributed by atoms with Crippen molar-refractivity contribution < 1.29 is 9.84 Å². The molecule has 0 aliphatic carbocycles. The molecule has 0 saturated carbocycles. The van der Waals surface area contributed by atoms with Crippen molar-refractivity contribution in [1.29, 1.82) is 0 Å². The maximum absolute atomic E-state index is 10.3. The molecule has 0 aliphatic rings. The maximum atomic E-state index is 10.3. The summed E-state index contributed by atoms with van der Waals surface area (Å²) in [5, 5.41) is 10.3. The Hall–Kier alpha value is -1.85. The van der Waals surface area contributed by atoms with Crippen LogP contribution in [0.5, 0.6) is 5.75 Å². The number of aliphatic hydroxyl groups is 1. The molecule has 1 heterocycles. The van der Waals surface area contributed by atoms with Crippen molar-refractivity contribution in [2.45, 2.75) is 45.8 Å². The predicted octanol–water partition coefficient (Wildman–Crippen LogP) is 2.90. The van der Waals surface area contributed by atoms with Gasteiger partial charge in [0.2, 0.25) is 0 Å². The van der Waals surface area contributed by atoms with Gasteiger partial charge in [-0.3, -0.25) is 4.90 Å². The van der Waals surface area contributed by atoms with Crippen molar-refractivity contribution in [3.63, 3.8) is 0 Å². The first-order valence-corrected chi connectivity index (χ1v) is 8.73. The smallest absolute Gasteiger partial charge is 0.122 e. The van der Waals surface area contributed by atoms with Crippen LogP contribution in [-0.4, -0.2) is 45.9 Å². The molecule has 0 fully saturated rings. The largest absolute Gasteiger partial charge is 0.491 e. The number of aliphatic hydroxyl groups excluding tert-OH is 1. The van der Waals surface area contributed by atoms with Gasteiger partial charge < -0.3 is 14.4 Å². The SMILES string of the molecule is Cc1cc(C(C)(C)C)ccc1OCC(O)CN(C)Cc1nccn1C. The average molecular weight is 345 g/mol. The maximum Gasteiger partial charge on any atom is 0.122 e. The zero-order chi connectivity index (χ0) is 18.6. The quantitative estimate of drug-likeness (QED) is 0.838. The number of hydrogen-bond acceptors (Lipinski definition) is 4. The zero-order valence-electron chi connectivity index (χ0n) is 16.3. The van der Waals surface area contributed by atoms with Crippen LogP contribution in [-0.2, 0) is 19.0 Å². The van der Waals surface area contributed by atoms with E-state index in [9.17, 15) is 5.11 Å². The Morgan fingerprint density at radius 2 is 2.04 bits per heavy atom. The molecule has 25 heavy (non-hydrogen) atoms. The Kier molecular flexibility index (Phi) is 6.25. The lowest BCUT2D eigenvalue weighted by molar-refractivity contribution is 0.0732. The van der Waals surface area contributed by atoms with E-state index in [-0.39, 0.29) is 12.0 Å². The van der Waals surface area contributed by atoms with E-state index in [1.807, 2.05) is 42.7 Å². The van der Waals surface area contributed by atoms with Gasteiger partial charge in [-0.25, -0.2) is 4.98 Å². The van der Waals surface area contributed by atoms with Crippen LogP contribution in [0.3, 0.4) is 0 Å². The molecule has 1 unspecified atom stereocenters. The van der Waals surface area contributed by atoms with E-state index >= 15 is 0 Å². The number of aryl methyl sites for hydroxylation is 2. The van der Waals surface area contributed by atoms with Crippen molar-refractivity contribution in [2.24, 2.45) is 7.05 Å². The van der Waals surface area contributed by atoms with Crippen molar-refractivity contribution in [1.82, 2.24) is 14.5 Å². The number of rotatable bonds is 7. The van der Waals surface area contributed by atoms with Gasteiger partial charge in [0, 0.05) is 26.0 Å². The molecule has 0 saturated heterocycles. The van der Waals surface area contributed by atoms with Crippen molar-refractivity contribution in [3.8, 4) is 5.75 Å². The van der Waals surface area contributed by atoms with Gasteiger partial charge in [0.15, 0.2) is 0 Å². The highest BCUT2D eigenvalue weighted by Gasteiger charge is 2.16. The van der Waals surface area contributed by atoms with Gasteiger partial charge in [0.05, 0.1) is 6.54 Å². The fourth-order valence-corrected chi connectivity index (χ4v) is 2.73. The number of hydrogen-bond donors (Lipinski definition) is 1. The predicted molar refractivity (Wildman–Crippen MR) is 101 cm³/mol. The van der Waals surface area contributed by atoms with Crippen LogP contribution in [0.1, 0.15) is 37.7 Å². The van der Waals surface area contributed by atoms with Gasteiger partial charge in [0.25, 0.3) is 0 Å². The van der Waals surface area contributed by atoms with Gasteiger partial charge >= 0.3 is 0 Å². The van der Waals surface area contributed by atoms with Crippen LogP contribution in [0.2, 0.25) is 0 Å². The molecule has 1 aromatic carbocycles. The average Bonchev–Trinajstić information content (AvgIpc) is 2.90. The second-order valence-corrected chi connectivity index (χ2v) is 7.85. The van der Waals surface area contributed by atoms with Crippen LogP contribution >= 0.6 is 0 Å². The van der Waals surface area contributed by atoms with Gasteiger partial charge in [-0.2, -0.15) is 0 Å². The van der Waals surface area contributed by atoms with Crippen LogP contribution in [0.15, 0.2) is 30.6 Å². The number of aromatic nitrogens is 2. The number of ether oxygens (including phenoxy) is 1. The summed E-state index contributed by atoms with van der Waals surface area (Å²) >= 11 is 0. The van der Waals surface area contributed by atoms with Crippen molar-refractivity contribution in [2.75, 3.05) is 20.2 Å². The van der Waals surface area contributed by atoms with Gasteiger partial charge in [-0.15, -0.1) is 0 Å². The molecule has 1 atom stereocenters. The molecule has 0 bridgehead atoms. The Morgan fingerprint density at radius 3 is 2.60 bits per heavy atom. The minimum atomic E-state index is -0.549. The second-order valence-electron chi connectivity index (χ2n) is 7.85. The molecule has 1 aromatic heterocycles. The molecule has 0 spiro atoms. The van der Waals surface area contributed by atoms with E-state index in [0.29, 0.717) is 13.1 Å². The normalized spacial score (nSPS) is 13.3. The van der Waals surface area contributed by atoms with Gasteiger partial charge in [-0.05, 0) is 36.6 Å². The zero-order valence-corrected chi connectivity index (χ0v) is 16.3. The molecule has 0 amide bonds. The molecular formula is C20H31N3O2. The monoisotopic (exact) mass is 345 g/mol. The van der Waals surface area contributed by atoms with Gasteiger partial charge in [-0.1, -0.05) is 32.9 Å². The third-order valence-electron chi connectivity index (χ3n) is 4.33. The van der Waals surface area contributed by atoms with E-state index in [1.54, 1.807) is 6.20 Å². The van der Waals surface area contributed by atoms with E-state index in [2.05, 4.69) is 37.9 Å². The van der Waals surface area contributed by atoms with E-state index in [0.717, 1.165) is 17.1 Å². The number of nitrogens with zero attached hydrogens (tertiary/aromatic N) is 3. The first-order valence-electron chi connectivity index (χ1n) is 8.73. The number of benzene rings is 1. The molecular weight excluding hydrogens is 314 g/mol. The lowest BCUT2D eigenvalue weighted by Gasteiger charge is -2.22. The highest BCUT2D eigenvalue weighted by atomic mass is 16.5. The lowest BCUT2D eigenvalue weighted by atomic mass is 9.86. The number of likely N-dealkylation sites (N-methyl/N-ethyl adjacent to an activating group) is 1. The molecule has 5 nitrogen and oxygen atoms in total. The Bertz CT molecular complexity index is 688. The number of imidazole rings is 1. The Labute approximate surface area is 151 Å². The minimum absolute atomic E-state index is 0.122. The Balaban J connectivity index is 1.85. The van der Waals surface area contributed by atoms with E-state index in [1.165, 1.54) is 5.56 Å². The molecule has 5 heteroatoms. The highest BCUT2D eigenvalue weighted by molar-refractivity contribution is 5.38. The summed E-state index contributed by atoms with van der Waals surface area (Å²) in [7, 11) is 3.95. The molecule has 2 aromatic rings. The second kappa shape index (κ2) is 8.02. The van der Waals surface area contributed by atoms with Crippen LogP contribution in [0, 0.1) is 6.92 Å². The summed E-state index contributed by atoms with van der Waals surface area (Å²) in [5.74, 6) is 1.81. The first kappa shape index (κ1) is 19.5. The molecule has 2 rings (SSSR count). The molecule has 0 aliphatic heterocycles. The van der Waals surface area contributed by atoms with E-state index in [4.69, 9.17) is 4.74 Å². The molecule has 0 radical (unpaired) electrons.